The summed E-state index contributed by atoms with van der Waals surface area (Å²) in [5.74, 6) is 0.158. The van der Waals surface area contributed by atoms with E-state index in [4.69, 9.17) is 21.1 Å². The van der Waals surface area contributed by atoms with Crippen LogP contribution in [-0.4, -0.2) is 30.2 Å². The van der Waals surface area contributed by atoms with Gasteiger partial charge in [-0.3, -0.25) is 4.79 Å². The minimum Gasteiger partial charge on any atom is -0.472 e. The van der Waals surface area contributed by atoms with E-state index in [1.54, 1.807) is 36.5 Å². The third-order valence-corrected chi connectivity index (χ3v) is 3.62. The molecule has 1 atom stereocenters. The second-order valence-corrected chi connectivity index (χ2v) is 5.33. The van der Waals surface area contributed by atoms with Crippen LogP contribution in [0.2, 0.25) is 5.02 Å². The van der Waals surface area contributed by atoms with Crippen LogP contribution in [0.5, 0.6) is 5.88 Å². The summed E-state index contributed by atoms with van der Waals surface area (Å²) in [6, 6.07) is 10.3. The van der Waals surface area contributed by atoms with E-state index >= 15 is 0 Å². The van der Waals surface area contributed by atoms with Crippen molar-refractivity contribution in [2.75, 3.05) is 18.5 Å². The zero-order valence-electron chi connectivity index (χ0n) is 11.8. The molecule has 1 aromatic heterocycles. The molecule has 114 valence electrons. The molecular weight excluding hydrogens is 304 g/mol. The largest absolute Gasteiger partial charge is 0.472 e. The number of carbonyl (C=O) groups is 1. The molecule has 5 nitrogen and oxygen atoms in total. The molecule has 1 N–H and O–H groups in total. The lowest BCUT2D eigenvalue weighted by Crippen LogP contribution is -2.17. The highest BCUT2D eigenvalue weighted by Gasteiger charge is 2.18. The Bertz CT molecular complexity index is 672. The molecule has 1 aromatic carbocycles. The van der Waals surface area contributed by atoms with E-state index in [2.05, 4.69) is 10.3 Å². The molecule has 1 unspecified atom stereocenters. The lowest BCUT2D eigenvalue weighted by atomic mass is 10.2. The van der Waals surface area contributed by atoms with Gasteiger partial charge in [0.15, 0.2) is 0 Å². The number of benzene rings is 1. The maximum atomic E-state index is 12.3. The number of para-hydroxylation sites is 1. The smallest absolute Gasteiger partial charge is 0.255 e. The van der Waals surface area contributed by atoms with Crippen molar-refractivity contribution < 1.29 is 14.3 Å². The minimum atomic E-state index is -0.261. The number of anilines is 1. The Balaban J connectivity index is 1.71. The second-order valence-electron chi connectivity index (χ2n) is 4.92. The minimum absolute atomic E-state index is 0.00520. The average Bonchev–Trinajstić information content (AvgIpc) is 3.03. The SMILES string of the molecule is O=C(Nc1ccccc1Cl)c1ccnc(OC2CCOC2)c1. The summed E-state index contributed by atoms with van der Waals surface area (Å²) in [5, 5.41) is 3.26. The molecule has 1 amide bonds. The summed E-state index contributed by atoms with van der Waals surface area (Å²) in [7, 11) is 0. The molecule has 2 aromatic rings. The molecule has 0 aliphatic carbocycles. The molecule has 0 spiro atoms. The molecule has 0 bridgehead atoms. The lowest BCUT2D eigenvalue weighted by Gasteiger charge is -2.12. The van der Waals surface area contributed by atoms with Crippen LogP contribution in [0.25, 0.3) is 0 Å². The third-order valence-electron chi connectivity index (χ3n) is 3.29. The van der Waals surface area contributed by atoms with Crippen molar-refractivity contribution in [3.63, 3.8) is 0 Å². The van der Waals surface area contributed by atoms with E-state index in [0.29, 0.717) is 35.4 Å². The Kier molecular flexibility index (Phi) is 4.56. The monoisotopic (exact) mass is 318 g/mol. The first-order chi connectivity index (χ1) is 10.7. The molecule has 1 fully saturated rings. The molecule has 0 radical (unpaired) electrons. The summed E-state index contributed by atoms with van der Waals surface area (Å²) in [5.41, 5.74) is 1.03. The van der Waals surface area contributed by atoms with Gasteiger partial charge in [0, 0.05) is 24.2 Å². The van der Waals surface area contributed by atoms with Gasteiger partial charge >= 0.3 is 0 Å². The van der Waals surface area contributed by atoms with Crippen molar-refractivity contribution in [1.82, 2.24) is 4.98 Å². The molecule has 6 heteroatoms. The molecule has 3 rings (SSSR count). The van der Waals surface area contributed by atoms with Crippen LogP contribution in [-0.2, 0) is 4.74 Å². The summed E-state index contributed by atoms with van der Waals surface area (Å²) in [6.07, 6.45) is 2.37. The van der Waals surface area contributed by atoms with Crippen molar-refractivity contribution in [3.05, 3.63) is 53.2 Å². The van der Waals surface area contributed by atoms with Gasteiger partial charge in [-0.05, 0) is 18.2 Å². The summed E-state index contributed by atoms with van der Waals surface area (Å²) < 4.78 is 11.0. The van der Waals surface area contributed by atoms with Crippen molar-refractivity contribution in [2.24, 2.45) is 0 Å². The maximum Gasteiger partial charge on any atom is 0.255 e. The van der Waals surface area contributed by atoms with Gasteiger partial charge in [-0.1, -0.05) is 23.7 Å². The Morgan fingerprint density at radius 2 is 2.23 bits per heavy atom. The first kappa shape index (κ1) is 14.8. The van der Waals surface area contributed by atoms with Gasteiger partial charge in [0.1, 0.15) is 6.10 Å². The van der Waals surface area contributed by atoms with Crippen molar-refractivity contribution in [2.45, 2.75) is 12.5 Å². The van der Waals surface area contributed by atoms with Crippen LogP contribution >= 0.6 is 11.6 Å². The number of halogens is 1. The zero-order valence-corrected chi connectivity index (χ0v) is 12.5. The maximum absolute atomic E-state index is 12.3. The van der Waals surface area contributed by atoms with Gasteiger partial charge in [-0.15, -0.1) is 0 Å². The van der Waals surface area contributed by atoms with Crippen LogP contribution in [0.15, 0.2) is 42.6 Å². The van der Waals surface area contributed by atoms with E-state index in [-0.39, 0.29) is 12.0 Å². The average molecular weight is 319 g/mol. The number of amides is 1. The highest BCUT2D eigenvalue weighted by Crippen LogP contribution is 2.22. The fourth-order valence-electron chi connectivity index (χ4n) is 2.15. The quantitative estimate of drug-likeness (QED) is 0.940. The number of ether oxygens (including phenoxy) is 2. The Morgan fingerprint density at radius 1 is 1.36 bits per heavy atom. The number of carbonyl (C=O) groups excluding carboxylic acids is 1. The predicted molar refractivity (Wildman–Crippen MR) is 83.5 cm³/mol. The summed E-state index contributed by atoms with van der Waals surface area (Å²) >= 11 is 6.03. The number of hydrogen-bond donors (Lipinski definition) is 1. The van der Waals surface area contributed by atoms with Crippen LogP contribution in [0.4, 0.5) is 5.69 Å². The predicted octanol–water partition coefficient (Wildman–Crippen LogP) is 3.16. The van der Waals surface area contributed by atoms with Crippen molar-refractivity contribution >= 4 is 23.2 Å². The van der Waals surface area contributed by atoms with Gasteiger partial charge in [-0.25, -0.2) is 4.98 Å². The van der Waals surface area contributed by atoms with E-state index in [1.807, 2.05) is 6.07 Å². The normalized spacial score (nSPS) is 17.2. The third kappa shape index (κ3) is 3.55. The Labute approximate surface area is 133 Å². The van der Waals surface area contributed by atoms with Crippen LogP contribution in [0.3, 0.4) is 0 Å². The Hall–Kier alpha value is -2.11. The van der Waals surface area contributed by atoms with E-state index in [0.717, 1.165) is 6.42 Å². The lowest BCUT2D eigenvalue weighted by molar-refractivity contribution is 0.102. The van der Waals surface area contributed by atoms with E-state index in [9.17, 15) is 4.79 Å². The number of rotatable bonds is 4. The number of nitrogens with one attached hydrogen (secondary N) is 1. The second kappa shape index (κ2) is 6.77. The van der Waals surface area contributed by atoms with Gasteiger partial charge in [-0.2, -0.15) is 0 Å². The Morgan fingerprint density at radius 3 is 3.00 bits per heavy atom. The van der Waals surface area contributed by atoms with Gasteiger partial charge in [0.25, 0.3) is 5.91 Å². The van der Waals surface area contributed by atoms with Gasteiger partial charge < -0.3 is 14.8 Å². The molecule has 1 aliphatic heterocycles. The fraction of sp³-hybridized carbons (Fsp3) is 0.250. The number of aromatic nitrogens is 1. The van der Waals surface area contributed by atoms with Crippen molar-refractivity contribution in [3.8, 4) is 5.88 Å². The molecule has 1 saturated heterocycles. The zero-order chi connectivity index (χ0) is 15.4. The van der Waals surface area contributed by atoms with Crippen molar-refractivity contribution in [1.29, 1.82) is 0 Å². The summed E-state index contributed by atoms with van der Waals surface area (Å²) in [4.78, 5) is 16.4. The van der Waals surface area contributed by atoms with Crippen LogP contribution in [0.1, 0.15) is 16.8 Å². The van der Waals surface area contributed by atoms with E-state index in [1.165, 1.54) is 0 Å². The highest BCUT2D eigenvalue weighted by molar-refractivity contribution is 6.33. The molecule has 0 saturated carbocycles. The van der Waals surface area contributed by atoms with Gasteiger partial charge in [0.2, 0.25) is 5.88 Å². The number of hydrogen-bond acceptors (Lipinski definition) is 4. The standard InChI is InChI=1S/C16H15ClN2O3/c17-13-3-1-2-4-14(13)19-16(20)11-5-7-18-15(9-11)22-12-6-8-21-10-12/h1-5,7,9,12H,6,8,10H2,(H,19,20). The molecule has 1 aliphatic rings. The topological polar surface area (TPSA) is 60.5 Å². The first-order valence-electron chi connectivity index (χ1n) is 6.99. The number of pyridine rings is 1. The molecule has 22 heavy (non-hydrogen) atoms. The van der Waals surface area contributed by atoms with E-state index < -0.39 is 0 Å². The molecular formula is C16H15ClN2O3. The van der Waals surface area contributed by atoms with Crippen LogP contribution in [0, 0.1) is 0 Å². The number of nitrogens with zero attached hydrogens (tertiary/aromatic N) is 1. The fourth-order valence-corrected chi connectivity index (χ4v) is 2.33. The van der Waals surface area contributed by atoms with Crippen LogP contribution < -0.4 is 10.1 Å². The highest BCUT2D eigenvalue weighted by atomic mass is 35.5. The first-order valence-corrected chi connectivity index (χ1v) is 7.36. The molecule has 2 heterocycles. The van der Waals surface area contributed by atoms with Gasteiger partial charge in [0.05, 0.1) is 23.9 Å². The summed E-state index contributed by atoms with van der Waals surface area (Å²) in [6.45, 7) is 1.25.